The highest BCUT2D eigenvalue weighted by molar-refractivity contribution is 7.89. The van der Waals surface area contributed by atoms with Crippen LogP contribution < -0.4 is 4.74 Å². The third-order valence-electron chi connectivity index (χ3n) is 8.72. The van der Waals surface area contributed by atoms with Gasteiger partial charge in [0.15, 0.2) is 0 Å². The third kappa shape index (κ3) is 7.41. The van der Waals surface area contributed by atoms with Crippen LogP contribution in [0, 0.1) is 11.8 Å². The quantitative estimate of drug-likeness (QED) is 0.305. The average Bonchev–Trinajstić information content (AvgIpc) is 3.62. The van der Waals surface area contributed by atoms with Gasteiger partial charge >= 0.3 is 0 Å². The fourth-order valence-corrected chi connectivity index (χ4v) is 8.08. The summed E-state index contributed by atoms with van der Waals surface area (Å²) in [7, 11) is -2.31. The Morgan fingerprint density at radius 2 is 1.50 bits per heavy atom. The van der Waals surface area contributed by atoms with Crippen molar-refractivity contribution >= 4 is 15.9 Å². The first-order chi connectivity index (χ1) is 20.3. The number of ether oxygens (including phenoxy) is 1. The van der Waals surface area contributed by atoms with E-state index in [9.17, 15) is 18.3 Å². The minimum absolute atomic E-state index is 0.0270. The van der Waals surface area contributed by atoms with Gasteiger partial charge in [0.05, 0.1) is 18.1 Å². The van der Waals surface area contributed by atoms with Crippen LogP contribution in [0.3, 0.4) is 0 Å². The Bertz CT molecular complexity index is 1390. The Balaban J connectivity index is 1.34. The number of methoxy groups -OCH3 is 1. The Morgan fingerprint density at radius 1 is 0.905 bits per heavy atom. The molecule has 8 heteroatoms. The molecule has 3 aromatic rings. The van der Waals surface area contributed by atoms with E-state index >= 15 is 0 Å². The third-order valence-corrected chi connectivity index (χ3v) is 10.6. The molecule has 3 aromatic carbocycles. The van der Waals surface area contributed by atoms with Crippen molar-refractivity contribution in [2.75, 3.05) is 26.7 Å². The van der Waals surface area contributed by atoms with Gasteiger partial charge in [0.1, 0.15) is 5.75 Å². The molecular formula is C34H42N2O5S. The lowest BCUT2D eigenvalue weighted by atomic mass is 9.94. The Labute approximate surface area is 250 Å². The zero-order chi connectivity index (χ0) is 29.5. The van der Waals surface area contributed by atoms with E-state index in [1.165, 1.54) is 4.31 Å². The number of amides is 1. The summed E-state index contributed by atoms with van der Waals surface area (Å²) in [6.45, 7) is 0.403. The molecule has 0 aromatic heterocycles. The summed E-state index contributed by atoms with van der Waals surface area (Å²) >= 11 is 0. The molecule has 1 saturated heterocycles. The fraction of sp³-hybridized carbons (Fsp3) is 0.441. The zero-order valence-corrected chi connectivity index (χ0v) is 25.2. The first kappa shape index (κ1) is 30.3. The fourth-order valence-electron chi connectivity index (χ4n) is 6.53. The van der Waals surface area contributed by atoms with E-state index in [1.54, 1.807) is 36.3 Å². The Hall–Kier alpha value is -3.20. The molecule has 0 spiro atoms. The maximum Gasteiger partial charge on any atom is 0.243 e. The van der Waals surface area contributed by atoms with Crippen molar-refractivity contribution in [2.45, 2.75) is 62.0 Å². The highest BCUT2D eigenvalue weighted by Gasteiger charge is 2.41. The van der Waals surface area contributed by atoms with Crippen LogP contribution in [0.4, 0.5) is 0 Å². The molecule has 224 valence electrons. The number of hydrogen-bond acceptors (Lipinski definition) is 5. The maximum absolute atomic E-state index is 13.8. The number of nitrogens with zero attached hydrogens (tertiary/aromatic N) is 2. The van der Waals surface area contributed by atoms with E-state index in [0.29, 0.717) is 31.6 Å². The first-order valence-electron chi connectivity index (χ1n) is 15.0. The van der Waals surface area contributed by atoms with E-state index in [4.69, 9.17) is 4.74 Å². The average molecular weight is 591 g/mol. The van der Waals surface area contributed by atoms with Gasteiger partial charge < -0.3 is 14.7 Å². The van der Waals surface area contributed by atoms with Crippen LogP contribution in [0.1, 0.15) is 43.2 Å². The number of benzene rings is 3. The van der Waals surface area contributed by atoms with Gasteiger partial charge in [0.25, 0.3) is 0 Å². The van der Waals surface area contributed by atoms with E-state index < -0.39 is 16.1 Å². The van der Waals surface area contributed by atoms with Crippen molar-refractivity contribution in [2.24, 2.45) is 11.8 Å². The van der Waals surface area contributed by atoms with Crippen LogP contribution in [0.2, 0.25) is 0 Å². The molecule has 0 bridgehead atoms. The van der Waals surface area contributed by atoms with Crippen LogP contribution in [0.5, 0.6) is 5.75 Å². The molecular weight excluding hydrogens is 548 g/mol. The molecule has 1 heterocycles. The summed E-state index contributed by atoms with van der Waals surface area (Å²) in [6.07, 6.45) is 5.18. The number of aliphatic hydroxyl groups is 1. The number of carbonyl (C=O) groups excluding carboxylic acids is 1. The summed E-state index contributed by atoms with van der Waals surface area (Å²) in [6, 6.07) is 26.4. The van der Waals surface area contributed by atoms with Crippen molar-refractivity contribution < 1.29 is 23.1 Å². The van der Waals surface area contributed by atoms with Crippen molar-refractivity contribution in [3.8, 4) is 5.75 Å². The summed E-state index contributed by atoms with van der Waals surface area (Å²) in [4.78, 5) is 15.7. The van der Waals surface area contributed by atoms with Gasteiger partial charge in [-0.15, -0.1) is 0 Å². The number of likely N-dealkylation sites (tertiary alicyclic amines) is 1. The van der Waals surface area contributed by atoms with Crippen LogP contribution in [0.15, 0.2) is 89.8 Å². The van der Waals surface area contributed by atoms with Crippen molar-refractivity contribution in [1.82, 2.24) is 9.21 Å². The predicted molar refractivity (Wildman–Crippen MR) is 164 cm³/mol. The SMILES string of the molecule is COc1ccc(S(=O)(=O)N(CC2CCCC2)C[C@@H](O)CN2C(=O)[C@@H](Cc3ccccc3)C[C@@H]2Cc2ccccc2)cc1. The van der Waals surface area contributed by atoms with Crippen molar-refractivity contribution in [3.05, 3.63) is 96.1 Å². The summed E-state index contributed by atoms with van der Waals surface area (Å²) < 4.78 is 34.3. The lowest BCUT2D eigenvalue weighted by molar-refractivity contribution is -0.133. The number of hydrogen-bond donors (Lipinski definition) is 1. The monoisotopic (exact) mass is 590 g/mol. The Kier molecular flexibility index (Phi) is 9.98. The van der Waals surface area contributed by atoms with Crippen LogP contribution >= 0.6 is 0 Å². The van der Waals surface area contributed by atoms with Crippen molar-refractivity contribution in [3.63, 3.8) is 0 Å². The highest BCUT2D eigenvalue weighted by atomic mass is 32.2. The van der Waals surface area contributed by atoms with E-state index in [0.717, 1.165) is 36.8 Å². The van der Waals surface area contributed by atoms with Gasteiger partial charge in [-0.3, -0.25) is 4.79 Å². The second-order valence-corrected chi connectivity index (χ2v) is 13.7. The summed E-state index contributed by atoms with van der Waals surface area (Å²) in [5, 5.41) is 11.4. The van der Waals surface area contributed by atoms with Gasteiger partial charge in [-0.2, -0.15) is 4.31 Å². The Morgan fingerprint density at radius 3 is 2.10 bits per heavy atom. The van der Waals surface area contributed by atoms with Crippen LogP contribution in [0.25, 0.3) is 0 Å². The lowest BCUT2D eigenvalue weighted by Gasteiger charge is -2.31. The standard InChI is InChI=1S/C34H42N2O5S/c1-41-32-16-18-33(19-17-32)42(39,40)35(23-28-14-8-9-15-28)24-31(37)25-36-30(21-27-12-6-3-7-13-27)22-29(34(36)38)20-26-10-4-2-5-11-26/h2-7,10-13,16-19,28-31,37H,8-9,14-15,20-25H2,1H3/t29-,30-,31+/m0/s1. The molecule has 5 rings (SSSR count). The largest absolute Gasteiger partial charge is 0.497 e. The predicted octanol–water partition coefficient (Wildman–Crippen LogP) is 4.94. The topological polar surface area (TPSA) is 87.2 Å². The molecule has 3 atom stereocenters. The van der Waals surface area contributed by atoms with Gasteiger partial charge in [0, 0.05) is 31.6 Å². The van der Waals surface area contributed by atoms with Gasteiger partial charge in [-0.1, -0.05) is 73.5 Å². The van der Waals surface area contributed by atoms with Gasteiger partial charge in [-0.25, -0.2) is 8.42 Å². The second kappa shape index (κ2) is 13.8. The number of rotatable bonds is 13. The molecule has 0 unspecified atom stereocenters. The van der Waals surface area contributed by atoms with Crippen LogP contribution in [-0.2, 0) is 27.7 Å². The molecule has 0 radical (unpaired) electrons. The number of β-amino-alcohol motifs (C(OH)–C–C–N with tert-alkyl or cyclic N) is 1. The molecule has 1 aliphatic carbocycles. The molecule has 42 heavy (non-hydrogen) atoms. The van der Waals surface area contributed by atoms with Crippen molar-refractivity contribution in [1.29, 1.82) is 0 Å². The first-order valence-corrected chi connectivity index (χ1v) is 16.5. The highest BCUT2D eigenvalue weighted by Crippen LogP contribution is 2.32. The normalized spacial score (nSPS) is 20.4. The zero-order valence-electron chi connectivity index (χ0n) is 24.3. The lowest BCUT2D eigenvalue weighted by Crippen LogP contribution is -2.47. The van der Waals surface area contributed by atoms with Gasteiger partial charge in [0.2, 0.25) is 15.9 Å². The molecule has 2 aliphatic rings. The molecule has 1 amide bonds. The minimum Gasteiger partial charge on any atom is -0.497 e. The molecule has 2 fully saturated rings. The van der Waals surface area contributed by atoms with Crippen LogP contribution in [-0.4, -0.2) is 67.5 Å². The maximum atomic E-state index is 13.8. The smallest absolute Gasteiger partial charge is 0.243 e. The van der Waals surface area contributed by atoms with E-state index in [2.05, 4.69) is 12.1 Å². The summed E-state index contributed by atoms with van der Waals surface area (Å²) in [5.74, 6) is 0.697. The number of aliphatic hydroxyl groups excluding tert-OH is 1. The molecule has 1 aliphatic heterocycles. The number of sulfonamides is 1. The van der Waals surface area contributed by atoms with E-state index in [1.807, 2.05) is 48.5 Å². The summed E-state index contributed by atoms with van der Waals surface area (Å²) in [5.41, 5.74) is 2.25. The van der Waals surface area contributed by atoms with Gasteiger partial charge in [-0.05, 0) is 73.4 Å². The molecule has 1 saturated carbocycles. The minimum atomic E-state index is -3.85. The molecule has 7 nitrogen and oxygen atoms in total. The molecule has 1 N–H and O–H groups in total. The second-order valence-electron chi connectivity index (χ2n) is 11.8. The number of carbonyl (C=O) groups is 1. The van der Waals surface area contributed by atoms with E-state index in [-0.39, 0.29) is 41.8 Å².